The average molecular weight is 527 g/mol. The van der Waals surface area contributed by atoms with E-state index in [9.17, 15) is 33.6 Å². The number of hydrogen-bond donors (Lipinski definition) is 4. The minimum Gasteiger partial charge on any atom is -0.389 e. The van der Waals surface area contributed by atoms with Gasteiger partial charge in [0.05, 0.1) is 31.1 Å². The van der Waals surface area contributed by atoms with Crippen LogP contribution in [0.25, 0.3) is 10.6 Å². The average Bonchev–Trinajstić information content (AvgIpc) is 3.20. The number of aliphatic hydroxyl groups excluding tert-OH is 4. The molecule has 1 aromatic heterocycles. The van der Waals surface area contributed by atoms with Crippen LogP contribution in [0.2, 0.25) is 0 Å². The van der Waals surface area contributed by atoms with Crippen LogP contribution in [0.3, 0.4) is 0 Å². The van der Waals surface area contributed by atoms with Crippen molar-refractivity contribution in [3.63, 3.8) is 0 Å². The van der Waals surface area contributed by atoms with Gasteiger partial charge in [0.25, 0.3) is 0 Å². The fourth-order valence-corrected chi connectivity index (χ4v) is 4.51. The first-order chi connectivity index (χ1) is 15.7. The summed E-state index contributed by atoms with van der Waals surface area (Å²) >= 11 is 1.22. The summed E-state index contributed by atoms with van der Waals surface area (Å²) in [4.78, 5) is 6.01. The summed E-state index contributed by atoms with van der Waals surface area (Å²) in [7, 11) is 0. The van der Waals surface area contributed by atoms with Crippen LogP contribution < -0.4 is 0 Å². The van der Waals surface area contributed by atoms with Crippen LogP contribution in [0.5, 0.6) is 0 Å². The Balaban J connectivity index is 0.00000408. The highest BCUT2D eigenvalue weighted by molar-refractivity contribution is 7.13. The minimum atomic E-state index is -1.40. The maximum atomic E-state index is 14.1. The lowest BCUT2D eigenvalue weighted by atomic mass is 10.1. The molecule has 7 nitrogen and oxygen atoms in total. The van der Waals surface area contributed by atoms with Gasteiger partial charge in [-0.1, -0.05) is 0 Å². The molecule has 0 spiro atoms. The number of ether oxygens (including phenoxy) is 1. The number of aromatic nitrogens is 1. The van der Waals surface area contributed by atoms with E-state index in [4.69, 9.17) is 4.74 Å². The van der Waals surface area contributed by atoms with E-state index in [0.29, 0.717) is 35.7 Å². The van der Waals surface area contributed by atoms with Gasteiger partial charge in [0.15, 0.2) is 0 Å². The summed E-state index contributed by atoms with van der Waals surface area (Å²) in [6, 6.07) is 3.18. The summed E-state index contributed by atoms with van der Waals surface area (Å²) in [5, 5.41) is 41.3. The largest absolute Gasteiger partial charge is 0.389 e. The molecule has 2 aromatic rings. The standard InChI is InChI=1S/C22H29F3N2O5S.ClH/c23-14(3-1-2-4-27-8-18(28)20(30)21(31)19(29)9-27)10-32-11-17-12-33-22(26-17)13-5-15(24)7-16(25)6-13;/h5-7,12,14,18-21,28-31H,1-4,8-11H2;1H/t14-,18+,19+,20-,21-;/m1./s1. The highest BCUT2D eigenvalue weighted by atomic mass is 35.5. The highest BCUT2D eigenvalue weighted by Crippen LogP contribution is 2.25. The Labute approximate surface area is 206 Å². The van der Waals surface area contributed by atoms with Gasteiger partial charge < -0.3 is 25.2 Å². The predicted octanol–water partition coefficient (Wildman–Crippen LogP) is 2.29. The van der Waals surface area contributed by atoms with Gasteiger partial charge in [-0.15, -0.1) is 23.7 Å². The van der Waals surface area contributed by atoms with E-state index in [2.05, 4.69) is 4.98 Å². The van der Waals surface area contributed by atoms with Crippen LogP contribution in [0.1, 0.15) is 25.0 Å². The van der Waals surface area contributed by atoms with E-state index in [-0.39, 0.29) is 45.1 Å². The number of nitrogens with zero attached hydrogens (tertiary/aromatic N) is 2. The van der Waals surface area contributed by atoms with Gasteiger partial charge in [0, 0.05) is 30.1 Å². The Morgan fingerprint density at radius 1 is 1.03 bits per heavy atom. The lowest BCUT2D eigenvalue weighted by Gasteiger charge is -2.23. The molecule has 1 aliphatic heterocycles. The van der Waals surface area contributed by atoms with Crippen molar-refractivity contribution in [2.75, 3.05) is 26.2 Å². The zero-order valence-corrected chi connectivity index (χ0v) is 20.0. The molecule has 0 aliphatic carbocycles. The molecule has 34 heavy (non-hydrogen) atoms. The van der Waals surface area contributed by atoms with Crippen molar-refractivity contribution in [2.24, 2.45) is 0 Å². The summed E-state index contributed by atoms with van der Waals surface area (Å²) in [6.45, 7) is 0.706. The first kappa shape index (κ1) is 28.9. The number of alkyl halides is 1. The molecule has 0 unspecified atom stereocenters. The number of thiazole rings is 1. The van der Waals surface area contributed by atoms with Gasteiger partial charge in [0.1, 0.15) is 35.0 Å². The molecular weight excluding hydrogens is 497 g/mol. The van der Waals surface area contributed by atoms with Gasteiger partial charge in [-0.2, -0.15) is 0 Å². The van der Waals surface area contributed by atoms with Gasteiger partial charge in [-0.3, -0.25) is 4.90 Å². The van der Waals surface area contributed by atoms with Crippen molar-refractivity contribution < 1.29 is 38.3 Å². The number of aliphatic hydroxyl groups is 4. The third-order valence-electron chi connectivity index (χ3n) is 5.48. The molecule has 1 aliphatic rings. The second-order valence-electron chi connectivity index (χ2n) is 8.29. The molecule has 0 saturated carbocycles. The van der Waals surface area contributed by atoms with Gasteiger partial charge in [0.2, 0.25) is 0 Å². The van der Waals surface area contributed by atoms with E-state index in [1.54, 1.807) is 10.3 Å². The molecule has 0 amide bonds. The first-order valence-corrected chi connectivity index (χ1v) is 11.7. The molecule has 5 atom stereocenters. The van der Waals surface area contributed by atoms with Gasteiger partial charge in [-0.25, -0.2) is 18.2 Å². The Morgan fingerprint density at radius 3 is 2.26 bits per heavy atom. The Hall–Kier alpha value is -1.31. The smallest absolute Gasteiger partial charge is 0.126 e. The molecule has 3 rings (SSSR count). The van der Waals surface area contributed by atoms with E-state index in [1.807, 2.05) is 0 Å². The number of hydrogen-bond acceptors (Lipinski definition) is 8. The van der Waals surface area contributed by atoms with Crippen LogP contribution in [0.4, 0.5) is 13.2 Å². The Morgan fingerprint density at radius 2 is 1.65 bits per heavy atom. The van der Waals surface area contributed by atoms with Crippen molar-refractivity contribution >= 4 is 23.7 Å². The molecule has 2 heterocycles. The molecule has 0 radical (unpaired) electrons. The maximum absolute atomic E-state index is 14.1. The molecule has 1 saturated heterocycles. The van der Waals surface area contributed by atoms with Crippen LogP contribution >= 0.6 is 23.7 Å². The summed E-state index contributed by atoms with van der Waals surface area (Å²) < 4.78 is 46.2. The second-order valence-corrected chi connectivity index (χ2v) is 9.14. The van der Waals surface area contributed by atoms with Gasteiger partial charge in [-0.05, 0) is 37.9 Å². The number of halogens is 4. The number of β-amino-alcohol motifs (C(OH)–C–C–N with tert-alkyl or cyclic N) is 2. The van der Waals surface area contributed by atoms with Crippen LogP contribution in [-0.2, 0) is 11.3 Å². The highest BCUT2D eigenvalue weighted by Gasteiger charge is 2.35. The van der Waals surface area contributed by atoms with E-state index in [1.165, 1.54) is 23.5 Å². The third kappa shape index (κ3) is 8.42. The lowest BCUT2D eigenvalue weighted by molar-refractivity contribution is -0.0894. The van der Waals surface area contributed by atoms with Crippen molar-refractivity contribution in [3.8, 4) is 10.6 Å². The molecular formula is C22H30ClF3N2O5S. The van der Waals surface area contributed by atoms with Crippen LogP contribution in [0.15, 0.2) is 23.6 Å². The molecule has 1 aromatic carbocycles. The van der Waals surface area contributed by atoms with E-state index >= 15 is 0 Å². The molecule has 0 bridgehead atoms. The van der Waals surface area contributed by atoms with Crippen molar-refractivity contribution in [2.45, 2.75) is 56.5 Å². The summed E-state index contributed by atoms with van der Waals surface area (Å²) in [6.07, 6.45) is -4.85. The fourth-order valence-electron chi connectivity index (χ4n) is 3.72. The quantitative estimate of drug-likeness (QED) is 0.352. The normalized spacial score (nSPS) is 24.4. The third-order valence-corrected chi connectivity index (χ3v) is 6.42. The van der Waals surface area contributed by atoms with Crippen molar-refractivity contribution in [1.82, 2.24) is 9.88 Å². The SMILES string of the molecule is Cl.O[C@H]1[C@H](O)[C@@H](O)CN(CCCC[C@@H](F)COCc2csc(-c3cc(F)cc(F)c3)n2)C[C@@H]1O. The molecule has 1 fully saturated rings. The van der Waals surface area contributed by atoms with Crippen LogP contribution in [0, 0.1) is 11.6 Å². The Bertz CT molecular complexity index is 860. The second kappa shape index (κ2) is 13.7. The van der Waals surface area contributed by atoms with Crippen molar-refractivity contribution in [3.05, 3.63) is 40.9 Å². The maximum Gasteiger partial charge on any atom is 0.126 e. The molecule has 4 N–H and O–H groups in total. The summed E-state index contributed by atoms with van der Waals surface area (Å²) in [5.41, 5.74) is 0.884. The monoisotopic (exact) mass is 526 g/mol. The van der Waals surface area contributed by atoms with E-state index in [0.717, 1.165) is 6.07 Å². The molecule has 192 valence electrons. The first-order valence-electron chi connectivity index (χ1n) is 10.8. The number of rotatable bonds is 10. The molecule has 12 heteroatoms. The lowest BCUT2D eigenvalue weighted by Crippen LogP contribution is -2.43. The minimum absolute atomic E-state index is 0. The van der Waals surface area contributed by atoms with Crippen molar-refractivity contribution in [1.29, 1.82) is 0 Å². The number of likely N-dealkylation sites (tertiary alicyclic amines) is 1. The fraction of sp³-hybridized carbons (Fsp3) is 0.591. The zero-order chi connectivity index (χ0) is 24.0. The predicted molar refractivity (Wildman–Crippen MR) is 124 cm³/mol. The summed E-state index contributed by atoms with van der Waals surface area (Å²) in [5.74, 6) is -1.37. The number of unbranched alkanes of at least 4 members (excludes halogenated alkanes) is 1. The van der Waals surface area contributed by atoms with Gasteiger partial charge >= 0.3 is 0 Å². The van der Waals surface area contributed by atoms with Crippen LogP contribution in [-0.4, -0.2) is 87.1 Å². The topological polar surface area (TPSA) is 106 Å². The zero-order valence-electron chi connectivity index (χ0n) is 18.4. The van der Waals surface area contributed by atoms with E-state index < -0.39 is 42.2 Å². The Kier molecular flexibility index (Phi) is 11.6. The number of benzene rings is 1.